The van der Waals surface area contributed by atoms with E-state index in [4.69, 9.17) is 10.5 Å². The molecule has 0 bridgehead atoms. The molecule has 5 heteroatoms. The minimum atomic E-state index is -0.337. The van der Waals surface area contributed by atoms with Crippen molar-refractivity contribution in [2.45, 2.75) is 13.0 Å². The Morgan fingerprint density at radius 3 is 2.82 bits per heavy atom. The molecule has 0 aliphatic carbocycles. The Hall–Kier alpha value is -1.75. The Morgan fingerprint density at radius 1 is 1.47 bits per heavy atom. The summed E-state index contributed by atoms with van der Waals surface area (Å²) in [6.45, 7) is 2.80. The van der Waals surface area contributed by atoms with Crippen LogP contribution >= 0.6 is 0 Å². The molecule has 94 valence electrons. The topological polar surface area (TPSA) is 76.4 Å². The molecular formula is C12H19N3O2. The van der Waals surface area contributed by atoms with Crippen molar-refractivity contribution >= 4 is 17.3 Å². The molecule has 1 aromatic carbocycles. The van der Waals surface area contributed by atoms with Gasteiger partial charge in [0.2, 0.25) is 5.91 Å². The van der Waals surface area contributed by atoms with Crippen molar-refractivity contribution in [3.8, 4) is 0 Å². The number of carbonyl (C=O) groups is 1. The van der Waals surface area contributed by atoms with Crippen LogP contribution in [0.2, 0.25) is 0 Å². The summed E-state index contributed by atoms with van der Waals surface area (Å²) in [6.07, 6.45) is 0. The summed E-state index contributed by atoms with van der Waals surface area (Å²) >= 11 is 0. The van der Waals surface area contributed by atoms with E-state index in [0.717, 1.165) is 5.69 Å². The Morgan fingerprint density at radius 2 is 2.18 bits per heavy atom. The van der Waals surface area contributed by atoms with Gasteiger partial charge in [-0.3, -0.25) is 4.79 Å². The Kier molecular flexibility index (Phi) is 5.29. The van der Waals surface area contributed by atoms with Crippen molar-refractivity contribution in [3.05, 3.63) is 24.3 Å². The van der Waals surface area contributed by atoms with E-state index in [-0.39, 0.29) is 11.9 Å². The average Bonchev–Trinajstić information content (AvgIpc) is 2.32. The van der Waals surface area contributed by atoms with Crippen LogP contribution in [-0.4, -0.2) is 32.2 Å². The average molecular weight is 237 g/mol. The number of hydrogen-bond acceptors (Lipinski definition) is 4. The molecule has 0 aliphatic heterocycles. The molecule has 0 saturated carbocycles. The molecule has 1 unspecified atom stereocenters. The van der Waals surface area contributed by atoms with Crippen LogP contribution in [0.15, 0.2) is 24.3 Å². The number of methoxy groups -OCH3 is 1. The zero-order valence-corrected chi connectivity index (χ0v) is 10.2. The van der Waals surface area contributed by atoms with Gasteiger partial charge in [-0.15, -0.1) is 0 Å². The molecule has 1 aromatic rings. The van der Waals surface area contributed by atoms with Crippen LogP contribution in [0.4, 0.5) is 11.4 Å². The lowest BCUT2D eigenvalue weighted by molar-refractivity contribution is -0.121. The zero-order valence-electron chi connectivity index (χ0n) is 10.2. The zero-order chi connectivity index (χ0) is 12.7. The highest BCUT2D eigenvalue weighted by Gasteiger charge is 2.12. The molecule has 0 saturated heterocycles. The second-order valence-corrected chi connectivity index (χ2v) is 3.74. The highest BCUT2D eigenvalue weighted by molar-refractivity contribution is 5.85. The maximum Gasteiger partial charge on any atom is 0.242 e. The van der Waals surface area contributed by atoms with Crippen LogP contribution in [0.25, 0.3) is 0 Å². The number of carbonyl (C=O) groups excluding carboxylic acids is 1. The summed E-state index contributed by atoms with van der Waals surface area (Å²) in [6, 6.07) is 7.01. The van der Waals surface area contributed by atoms with E-state index < -0.39 is 0 Å². The van der Waals surface area contributed by atoms with Gasteiger partial charge < -0.3 is 21.1 Å². The number of nitrogen functional groups attached to an aromatic ring is 1. The maximum atomic E-state index is 11.7. The standard InChI is InChI=1S/C12H19N3O2/c1-9(12(16)14-7-8-17-2)15-11-6-4-3-5-10(11)13/h3-6,9,15H,7-8,13H2,1-2H3,(H,14,16). The van der Waals surface area contributed by atoms with Gasteiger partial charge in [0.25, 0.3) is 0 Å². The number of rotatable bonds is 6. The number of amides is 1. The molecule has 0 radical (unpaired) electrons. The van der Waals surface area contributed by atoms with Gasteiger partial charge in [-0.25, -0.2) is 0 Å². The number of ether oxygens (including phenoxy) is 1. The van der Waals surface area contributed by atoms with Crippen molar-refractivity contribution in [1.82, 2.24) is 5.32 Å². The van der Waals surface area contributed by atoms with Gasteiger partial charge in [0.1, 0.15) is 6.04 Å². The summed E-state index contributed by atoms with van der Waals surface area (Å²) in [5.41, 5.74) is 7.17. The van der Waals surface area contributed by atoms with Gasteiger partial charge >= 0.3 is 0 Å². The first kappa shape index (κ1) is 13.3. The predicted molar refractivity (Wildman–Crippen MR) is 68.8 cm³/mol. The monoisotopic (exact) mass is 237 g/mol. The summed E-state index contributed by atoms with van der Waals surface area (Å²) in [5, 5.41) is 5.81. The lowest BCUT2D eigenvalue weighted by atomic mass is 10.2. The smallest absolute Gasteiger partial charge is 0.242 e. The fourth-order valence-electron chi connectivity index (χ4n) is 1.36. The van der Waals surface area contributed by atoms with Gasteiger partial charge in [0, 0.05) is 13.7 Å². The van der Waals surface area contributed by atoms with Crippen LogP contribution in [-0.2, 0) is 9.53 Å². The largest absolute Gasteiger partial charge is 0.397 e. The molecule has 1 rings (SSSR count). The highest BCUT2D eigenvalue weighted by atomic mass is 16.5. The predicted octanol–water partition coefficient (Wildman–Crippen LogP) is 0.832. The highest BCUT2D eigenvalue weighted by Crippen LogP contribution is 2.17. The molecular weight excluding hydrogens is 218 g/mol. The van der Waals surface area contributed by atoms with Crippen LogP contribution < -0.4 is 16.4 Å². The van der Waals surface area contributed by atoms with Crippen LogP contribution in [0.5, 0.6) is 0 Å². The lowest BCUT2D eigenvalue weighted by Crippen LogP contribution is -2.39. The summed E-state index contributed by atoms with van der Waals surface area (Å²) in [7, 11) is 1.60. The van der Waals surface area contributed by atoms with E-state index >= 15 is 0 Å². The first-order valence-corrected chi connectivity index (χ1v) is 5.53. The number of anilines is 2. The first-order valence-electron chi connectivity index (χ1n) is 5.53. The van der Waals surface area contributed by atoms with Crippen molar-refractivity contribution in [3.63, 3.8) is 0 Å². The second-order valence-electron chi connectivity index (χ2n) is 3.74. The number of nitrogens with two attached hydrogens (primary N) is 1. The van der Waals surface area contributed by atoms with Gasteiger partial charge in [0.05, 0.1) is 18.0 Å². The van der Waals surface area contributed by atoms with E-state index in [9.17, 15) is 4.79 Å². The molecule has 0 spiro atoms. The Balaban J connectivity index is 2.46. The number of benzene rings is 1. The number of hydrogen-bond donors (Lipinski definition) is 3. The lowest BCUT2D eigenvalue weighted by Gasteiger charge is -2.16. The fraction of sp³-hybridized carbons (Fsp3) is 0.417. The van der Waals surface area contributed by atoms with Gasteiger partial charge in [-0.05, 0) is 19.1 Å². The third-order valence-corrected chi connectivity index (χ3v) is 2.33. The first-order chi connectivity index (χ1) is 8.15. The van der Waals surface area contributed by atoms with Crippen molar-refractivity contribution < 1.29 is 9.53 Å². The number of nitrogens with one attached hydrogen (secondary N) is 2. The molecule has 0 heterocycles. The molecule has 4 N–H and O–H groups in total. The molecule has 5 nitrogen and oxygen atoms in total. The van der Waals surface area contributed by atoms with Crippen molar-refractivity contribution in [2.24, 2.45) is 0 Å². The molecule has 0 fully saturated rings. The number of para-hydroxylation sites is 2. The van der Waals surface area contributed by atoms with E-state index in [1.807, 2.05) is 18.2 Å². The molecule has 0 aliphatic rings. The second kappa shape index (κ2) is 6.75. The molecule has 17 heavy (non-hydrogen) atoms. The van der Waals surface area contributed by atoms with E-state index in [1.165, 1.54) is 0 Å². The third kappa shape index (κ3) is 4.32. The van der Waals surface area contributed by atoms with E-state index in [0.29, 0.717) is 18.8 Å². The van der Waals surface area contributed by atoms with Gasteiger partial charge in [-0.2, -0.15) is 0 Å². The summed E-state index contributed by atoms with van der Waals surface area (Å²) < 4.78 is 4.85. The maximum absolute atomic E-state index is 11.7. The SMILES string of the molecule is COCCNC(=O)C(C)Nc1ccccc1N. The fourth-order valence-corrected chi connectivity index (χ4v) is 1.36. The molecule has 1 amide bonds. The summed E-state index contributed by atoms with van der Waals surface area (Å²) in [5.74, 6) is -0.0784. The minimum absolute atomic E-state index is 0.0784. The molecule has 1 atom stereocenters. The van der Waals surface area contributed by atoms with Crippen molar-refractivity contribution in [1.29, 1.82) is 0 Å². The quantitative estimate of drug-likeness (QED) is 0.506. The molecule has 0 aromatic heterocycles. The van der Waals surface area contributed by atoms with Crippen molar-refractivity contribution in [2.75, 3.05) is 31.3 Å². The van der Waals surface area contributed by atoms with Crippen LogP contribution in [0.3, 0.4) is 0 Å². The normalized spacial score (nSPS) is 11.9. The summed E-state index contributed by atoms with van der Waals surface area (Å²) in [4.78, 5) is 11.7. The van der Waals surface area contributed by atoms with E-state index in [2.05, 4.69) is 10.6 Å². The Labute approximate surface area is 101 Å². The van der Waals surface area contributed by atoms with Crippen LogP contribution in [0, 0.1) is 0 Å². The van der Waals surface area contributed by atoms with Gasteiger partial charge in [0.15, 0.2) is 0 Å². The van der Waals surface area contributed by atoms with E-state index in [1.54, 1.807) is 20.1 Å². The van der Waals surface area contributed by atoms with Crippen LogP contribution in [0.1, 0.15) is 6.92 Å². The Bertz CT molecular complexity index is 369. The minimum Gasteiger partial charge on any atom is -0.397 e. The van der Waals surface area contributed by atoms with Gasteiger partial charge in [-0.1, -0.05) is 12.1 Å². The third-order valence-electron chi connectivity index (χ3n) is 2.33.